The Morgan fingerprint density at radius 3 is 2.94 bits per heavy atom. The minimum atomic E-state index is -0.0541. The maximum absolute atomic E-state index is 11.7. The molecule has 0 fully saturated rings. The van der Waals surface area contributed by atoms with Gasteiger partial charge >= 0.3 is 0 Å². The molecule has 0 atom stereocenters. The number of rotatable bonds is 3. The number of hydrogen-bond donors (Lipinski definition) is 1. The quantitative estimate of drug-likeness (QED) is 0.852. The average molecular weight is 217 g/mol. The highest BCUT2D eigenvalue weighted by Gasteiger charge is 2.05. The molecule has 1 N–H and O–H groups in total. The summed E-state index contributed by atoms with van der Waals surface area (Å²) in [7, 11) is 0. The minimum absolute atomic E-state index is 0.0541. The molecule has 0 aliphatic heterocycles. The number of hydrogen-bond acceptors (Lipinski definition) is 2. The van der Waals surface area contributed by atoms with Crippen molar-refractivity contribution in [3.8, 4) is 5.82 Å². The molecule has 84 valence electrons. The molecule has 2 aromatic rings. The summed E-state index contributed by atoms with van der Waals surface area (Å²) in [5, 5.41) is 3.07. The number of aromatic amines is 1. The van der Waals surface area contributed by atoms with Crippen molar-refractivity contribution in [1.29, 1.82) is 0 Å². The lowest BCUT2D eigenvalue weighted by atomic mass is 10.3. The van der Waals surface area contributed by atoms with Crippen molar-refractivity contribution in [3.05, 3.63) is 46.0 Å². The molecule has 0 unspecified atom stereocenters. The molecule has 2 rings (SSSR count). The van der Waals surface area contributed by atoms with Crippen LogP contribution in [0.3, 0.4) is 0 Å². The van der Waals surface area contributed by atoms with E-state index in [1.54, 1.807) is 12.3 Å². The third kappa shape index (κ3) is 2.05. The van der Waals surface area contributed by atoms with Crippen LogP contribution in [-0.4, -0.2) is 14.8 Å². The molecule has 0 saturated carbocycles. The molecule has 2 aromatic heterocycles. The molecule has 0 amide bonds. The average Bonchev–Trinajstić information content (AvgIpc) is 2.60. The second kappa shape index (κ2) is 4.35. The Kier molecular flexibility index (Phi) is 2.90. The maximum atomic E-state index is 11.7. The normalized spacial score (nSPS) is 10.6. The monoisotopic (exact) mass is 217 g/mol. The largest absolute Gasteiger partial charge is 0.294 e. The van der Waals surface area contributed by atoms with E-state index < -0.39 is 0 Å². The van der Waals surface area contributed by atoms with E-state index in [1.165, 1.54) is 4.68 Å². The number of H-pyrrole nitrogens is 1. The third-order valence-corrected chi connectivity index (χ3v) is 2.42. The van der Waals surface area contributed by atoms with Crippen molar-refractivity contribution in [1.82, 2.24) is 14.8 Å². The first-order chi connectivity index (χ1) is 7.70. The van der Waals surface area contributed by atoms with Crippen LogP contribution >= 0.6 is 0 Å². The Bertz CT molecular complexity index is 539. The molecule has 2 heterocycles. The lowest BCUT2D eigenvalue weighted by Crippen LogP contribution is -2.14. The second-order valence-electron chi connectivity index (χ2n) is 3.90. The van der Waals surface area contributed by atoms with Crippen LogP contribution in [0, 0.1) is 6.92 Å². The van der Waals surface area contributed by atoms with Gasteiger partial charge in [-0.3, -0.25) is 9.89 Å². The summed E-state index contributed by atoms with van der Waals surface area (Å²) in [4.78, 5) is 15.9. The van der Waals surface area contributed by atoms with Crippen molar-refractivity contribution in [2.24, 2.45) is 0 Å². The van der Waals surface area contributed by atoms with Crippen molar-refractivity contribution >= 4 is 0 Å². The van der Waals surface area contributed by atoms with E-state index in [0.717, 1.165) is 24.1 Å². The Hall–Kier alpha value is -1.84. The Balaban J connectivity index is 2.44. The van der Waals surface area contributed by atoms with Crippen LogP contribution in [0.1, 0.15) is 24.6 Å². The highest BCUT2D eigenvalue weighted by atomic mass is 16.1. The van der Waals surface area contributed by atoms with Crippen molar-refractivity contribution < 1.29 is 0 Å². The molecule has 0 bridgehead atoms. The molecule has 0 spiro atoms. The smallest absolute Gasteiger partial charge is 0.272 e. The van der Waals surface area contributed by atoms with E-state index in [0.29, 0.717) is 5.82 Å². The highest BCUT2D eigenvalue weighted by molar-refractivity contribution is 5.26. The van der Waals surface area contributed by atoms with E-state index in [2.05, 4.69) is 17.0 Å². The second-order valence-corrected chi connectivity index (χ2v) is 3.90. The molecule has 0 aliphatic rings. The topological polar surface area (TPSA) is 50.7 Å². The van der Waals surface area contributed by atoms with Gasteiger partial charge in [-0.1, -0.05) is 13.3 Å². The van der Waals surface area contributed by atoms with Crippen LogP contribution in [0.4, 0.5) is 0 Å². The summed E-state index contributed by atoms with van der Waals surface area (Å²) in [5.74, 6) is 0.646. The van der Waals surface area contributed by atoms with Gasteiger partial charge in [-0.05, 0) is 31.0 Å². The lowest BCUT2D eigenvalue weighted by molar-refractivity contribution is 0.775. The van der Waals surface area contributed by atoms with Crippen LogP contribution in [-0.2, 0) is 6.42 Å². The molecule has 4 heteroatoms. The van der Waals surface area contributed by atoms with Gasteiger partial charge in [0, 0.05) is 18.0 Å². The van der Waals surface area contributed by atoms with Crippen LogP contribution in [0.2, 0.25) is 0 Å². The van der Waals surface area contributed by atoms with E-state index in [1.807, 2.05) is 19.1 Å². The van der Waals surface area contributed by atoms with Gasteiger partial charge in [0.05, 0.1) is 0 Å². The molecule has 4 nitrogen and oxygen atoms in total. The maximum Gasteiger partial charge on any atom is 0.272 e. The summed E-state index contributed by atoms with van der Waals surface area (Å²) in [6, 6.07) is 5.42. The highest BCUT2D eigenvalue weighted by Crippen LogP contribution is 2.04. The first-order valence-electron chi connectivity index (χ1n) is 5.44. The van der Waals surface area contributed by atoms with E-state index in [4.69, 9.17) is 0 Å². The fourth-order valence-corrected chi connectivity index (χ4v) is 1.65. The van der Waals surface area contributed by atoms with E-state index in [9.17, 15) is 4.79 Å². The van der Waals surface area contributed by atoms with Crippen LogP contribution < -0.4 is 5.56 Å². The first kappa shape index (κ1) is 10.7. The first-order valence-corrected chi connectivity index (χ1v) is 5.44. The van der Waals surface area contributed by atoms with Gasteiger partial charge in [0.2, 0.25) is 0 Å². The molecular formula is C12H15N3O. The zero-order chi connectivity index (χ0) is 11.5. The molecule has 16 heavy (non-hydrogen) atoms. The number of aromatic nitrogens is 3. The third-order valence-electron chi connectivity index (χ3n) is 2.42. The summed E-state index contributed by atoms with van der Waals surface area (Å²) in [6.45, 7) is 4.06. The molecule has 0 aliphatic carbocycles. The summed E-state index contributed by atoms with van der Waals surface area (Å²) in [5.41, 5.74) is 1.99. The van der Waals surface area contributed by atoms with E-state index >= 15 is 0 Å². The van der Waals surface area contributed by atoms with Gasteiger partial charge < -0.3 is 0 Å². The zero-order valence-corrected chi connectivity index (χ0v) is 9.53. The molecular weight excluding hydrogens is 202 g/mol. The minimum Gasteiger partial charge on any atom is -0.294 e. The van der Waals surface area contributed by atoms with Crippen LogP contribution in [0.5, 0.6) is 0 Å². The standard InChI is InChI=1S/C12H15N3O/c1-3-4-10-8-12(16)15(14-10)11-7-9(2)5-6-13-11/h5-8,14H,3-4H2,1-2H3. The van der Waals surface area contributed by atoms with Gasteiger partial charge in [0.1, 0.15) is 0 Å². The molecule has 0 radical (unpaired) electrons. The van der Waals surface area contributed by atoms with Crippen LogP contribution in [0.25, 0.3) is 5.82 Å². The van der Waals surface area contributed by atoms with Gasteiger partial charge in [0.15, 0.2) is 5.82 Å². The van der Waals surface area contributed by atoms with E-state index in [-0.39, 0.29) is 5.56 Å². The predicted octanol–water partition coefficient (Wildman–Crippen LogP) is 1.82. The SMILES string of the molecule is CCCc1cc(=O)n(-c2cc(C)ccn2)[nH]1. The summed E-state index contributed by atoms with van der Waals surface area (Å²) < 4.78 is 1.48. The van der Waals surface area contributed by atoms with Gasteiger partial charge in [0.25, 0.3) is 5.56 Å². The number of nitrogens with one attached hydrogen (secondary N) is 1. The fraction of sp³-hybridized carbons (Fsp3) is 0.333. The van der Waals surface area contributed by atoms with Gasteiger partial charge in [-0.25, -0.2) is 9.67 Å². The lowest BCUT2D eigenvalue weighted by Gasteiger charge is -2.01. The fourth-order valence-electron chi connectivity index (χ4n) is 1.65. The Morgan fingerprint density at radius 2 is 2.25 bits per heavy atom. The van der Waals surface area contributed by atoms with Crippen molar-refractivity contribution in [2.45, 2.75) is 26.7 Å². The predicted molar refractivity (Wildman–Crippen MR) is 62.9 cm³/mol. The van der Waals surface area contributed by atoms with Gasteiger partial charge in [-0.15, -0.1) is 0 Å². The molecule has 0 aromatic carbocycles. The zero-order valence-electron chi connectivity index (χ0n) is 9.53. The van der Waals surface area contributed by atoms with Crippen molar-refractivity contribution in [3.63, 3.8) is 0 Å². The van der Waals surface area contributed by atoms with Crippen molar-refractivity contribution in [2.75, 3.05) is 0 Å². The Labute approximate surface area is 93.9 Å². The van der Waals surface area contributed by atoms with Gasteiger partial charge in [-0.2, -0.15) is 0 Å². The number of pyridine rings is 1. The molecule has 0 saturated heterocycles. The number of nitrogens with zero attached hydrogens (tertiary/aromatic N) is 2. The number of aryl methyl sites for hydroxylation is 2. The Morgan fingerprint density at radius 1 is 1.44 bits per heavy atom. The van der Waals surface area contributed by atoms with Crippen LogP contribution in [0.15, 0.2) is 29.2 Å². The summed E-state index contributed by atoms with van der Waals surface area (Å²) >= 11 is 0. The summed E-state index contributed by atoms with van der Waals surface area (Å²) in [6.07, 6.45) is 3.60.